The number of halogens is 1. The van der Waals surface area contributed by atoms with Crippen LogP contribution in [0.15, 0.2) is 22.7 Å². The number of hydrogen-bond acceptors (Lipinski definition) is 2. The van der Waals surface area contributed by atoms with Gasteiger partial charge in [0.15, 0.2) is 0 Å². The van der Waals surface area contributed by atoms with Gasteiger partial charge in [0.2, 0.25) is 0 Å². The van der Waals surface area contributed by atoms with Gasteiger partial charge in [0, 0.05) is 29.8 Å². The average Bonchev–Trinajstić information content (AvgIpc) is 2.82. The van der Waals surface area contributed by atoms with Crippen molar-refractivity contribution in [2.45, 2.75) is 32.2 Å². The lowest BCUT2D eigenvalue weighted by Crippen LogP contribution is -2.28. The molecule has 17 heavy (non-hydrogen) atoms. The highest BCUT2D eigenvalue weighted by molar-refractivity contribution is 9.10. The SMILES string of the molecule is Cc1ccc(N(C)CCC2CCCN2)cc1Br. The van der Waals surface area contributed by atoms with Crippen LogP contribution in [-0.2, 0) is 0 Å². The van der Waals surface area contributed by atoms with E-state index in [1.165, 1.54) is 41.5 Å². The molecule has 1 aliphatic heterocycles. The molecule has 1 atom stereocenters. The fourth-order valence-electron chi connectivity index (χ4n) is 2.30. The molecule has 1 N–H and O–H groups in total. The van der Waals surface area contributed by atoms with Crippen molar-refractivity contribution in [3.8, 4) is 0 Å². The van der Waals surface area contributed by atoms with Gasteiger partial charge in [-0.15, -0.1) is 0 Å². The van der Waals surface area contributed by atoms with Crippen molar-refractivity contribution in [1.29, 1.82) is 0 Å². The van der Waals surface area contributed by atoms with Crippen LogP contribution < -0.4 is 10.2 Å². The first kappa shape index (κ1) is 12.9. The lowest BCUT2D eigenvalue weighted by Gasteiger charge is -2.22. The van der Waals surface area contributed by atoms with E-state index in [0.717, 1.165) is 12.6 Å². The Labute approximate surface area is 113 Å². The molecule has 0 aliphatic carbocycles. The van der Waals surface area contributed by atoms with Crippen LogP contribution in [0, 0.1) is 6.92 Å². The van der Waals surface area contributed by atoms with Gasteiger partial charge in [-0.05, 0) is 50.4 Å². The summed E-state index contributed by atoms with van der Waals surface area (Å²) in [4.78, 5) is 2.34. The van der Waals surface area contributed by atoms with Crippen molar-refractivity contribution in [2.24, 2.45) is 0 Å². The van der Waals surface area contributed by atoms with Crippen LogP contribution >= 0.6 is 15.9 Å². The van der Waals surface area contributed by atoms with Crippen molar-refractivity contribution in [3.05, 3.63) is 28.2 Å². The number of aryl methyl sites for hydroxylation is 1. The molecule has 1 aromatic carbocycles. The van der Waals surface area contributed by atoms with Gasteiger partial charge >= 0.3 is 0 Å². The van der Waals surface area contributed by atoms with E-state index in [0.29, 0.717) is 0 Å². The first-order valence-electron chi connectivity index (χ1n) is 6.37. The van der Waals surface area contributed by atoms with E-state index in [1.54, 1.807) is 0 Å². The van der Waals surface area contributed by atoms with Gasteiger partial charge in [0.25, 0.3) is 0 Å². The number of anilines is 1. The van der Waals surface area contributed by atoms with Gasteiger partial charge in [-0.3, -0.25) is 0 Å². The summed E-state index contributed by atoms with van der Waals surface area (Å²) in [6, 6.07) is 7.30. The van der Waals surface area contributed by atoms with Crippen molar-refractivity contribution in [3.63, 3.8) is 0 Å². The smallest absolute Gasteiger partial charge is 0.0375 e. The van der Waals surface area contributed by atoms with E-state index in [-0.39, 0.29) is 0 Å². The first-order chi connectivity index (χ1) is 8.16. The van der Waals surface area contributed by atoms with Crippen molar-refractivity contribution < 1.29 is 0 Å². The fraction of sp³-hybridized carbons (Fsp3) is 0.571. The molecule has 2 rings (SSSR count). The third kappa shape index (κ3) is 3.46. The molecule has 1 unspecified atom stereocenters. The van der Waals surface area contributed by atoms with Gasteiger partial charge in [-0.1, -0.05) is 22.0 Å². The molecule has 1 saturated heterocycles. The third-order valence-electron chi connectivity index (χ3n) is 3.57. The summed E-state index contributed by atoms with van der Waals surface area (Å²) in [6.45, 7) is 4.44. The van der Waals surface area contributed by atoms with Gasteiger partial charge in [-0.25, -0.2) is 0 Å². The van der Waals surface area contributed by atoms with Crippen LogP contribution in [0.4, 0.5) is 5.69 Å². The maximum Gasteiger partial charge on any atom is 0.0375 e. The Morgan fingerprint density at radius 2 is 2.29 bits per heavy atom. The van der Waals surface area contributed by atoms with Gasteiger partial charge < -0.3 is 10.2 Å². The molecule has 1 aliphatic rings. The number of benzene rings is 1. The Kier molecular flexibility index (Phi) is 4.46. The molecule has 0 spiro atoms. The molecule has 94 valence electrons. The second kappa shape index (κ2) is 5.87. The first-order valence-corrected chi connectivity index (χ1v) is 7.17. The van der Waals surface area contributed by atoms with E-state index >= 15 is 0 Å². The second-order valence-electron chi connectivity index (χ2n) is 4.94. The zero-order valence-corrected chi connectivity index (χ0v) is 12.3. The predicted molar refractivity (Wildman–Crippen MR) is 77.8 cm³/mol. The number of nitrogens with one attached hydrogen (secondary N) is 1. The lowest BCUT2D eigenvalue weighted by atomic mass is 10.1. The molecule has 1 fully saturated rings. The zero-order valence-electron chi connectivity index (χ0n) is 10.7. The van der Waals surface area contributed by atoms with Crippen LogP contribution in [0.5, 0.6) is 0 Å². The number of nitrogens with zero attached hydrogens (tertiary/aromatic N) is 1. The Hall–Kier alpha value is -0.540. The van der Waals surface area contributed by atoms with Gasteiger partial charge in [-0.2, -0.15) is 0 Å². The van der Waals surface area contributed by atoms with Gasteiger partial charge in [0.05, 0.1) is 0 Å². The van der Waals surface area contributed by atoms with Crippen LogP contribution in [0.3, 0.4) is 0 Å². The van der Waals surface area contributed by atoms with Crippen molar-refractivity contribution >= 4 is 21.6 Å². The van der Waals surface area contributed by atoms with Crippen LogP contribution in [0.2, 0.25) is 0 Å². The normalized spacial score (nSPS) is 19.6. The Balaban J connectivity index is 1.89. The van der Waals surface area contributed by atoms with E-state index in [4.69, 9.17) is 0 Å². The fourth-order valence-corrected chi connectivity index (χ4v) is 2.67. The molecular formula is C14H21BrN2. The van der Waals surface area contributed by atoms with E-state index in [1.807, 2.05) is 0 Å². The van der Waals surface area contributed by atoms with Crippen molar-refractivity contribution in [1.82, 2.24) is 5.32 Å². The van der Waals surface area contributed by atoms with E-state index in [2.05, 4.69) is 58.3 Å². The van der Waals surface area contributed by atoms with E-state index in [9.17, 15) is 0 Å². The summed E-state index contributed by atoms with van der Waals surface area (Å²) in [5.41, 5.74) is 2.58. The highest BCUT2D eigenvalue weighted by Crippen LogP contribution is 2.23. The maximum absolute atomic E-state index is 3.59. The maximum atomic E-state index is 3.59. The quantitative estimate of drug-likeness (QED) is 0.917. The molecule has 1 aromatic rings. The minimum absolute atomic E-state index is 0.728. The highest BCUT2D eigenvalue weighted by atomic mass is 79.9. The topological polar surface area (TPSA) is 15.3 Å². The van der Waals surface area contributed by atoms with Crippen LogP contribution in [0.1, 0.15) is 24.8 Å². The Morgan fingerprint density at radius 3 is 2.94 bits per heavy atom. The monoisotopic (exact) mass is 296 g/mol. The summed E-state index contributed by atoms with van der Waals surface area (Å²) < 4.78 is 1.20. The molecule has 0 bridgehead atoms. The third-order valence-corrected chi connectivity index (χ3v) is 4.43. The summed E-state index contributed by atoms with van der Waals surface area (Å²) >= 11 is 3.59. The number of rotatable bonds is 4. The number of hydrogen-bond donors (Lipinski definition) is 1. The minimum atomic E-state index is 0.728. The Bertz CT molecular complexity index is 372. The Morgan fingerprint density at radius 1 is 1.47 bits per heavy atom. The molecular weight excluding hydrogens is 276 g/mol. The molecule has 2 nitrogen and oxygen atoms in total. The molecule has 0 amide bonds. The largest absolute Gasteiger partial charge is 0.375 e. The van der Waals surface area contributed by atoms with Gasteiger partial charge in [0.1, 0.15) is 0 Å². The van der Waals surface area contributed by atoms with Crippen LogP contribution in [-0.4, -0.2) is 26.2 Å². The minimum Gasteiger partial charge on any atom is -0.375 e. The lowest BCUT2D eigenvalue weighted by molar-refractivity contribution is 0.559. The summed E-state index contributed by atoms with van der Waals surface area (Å²) in [6.07, 6.45) is 3.91. The average molecular weight is 297 g/mol. The highest BCUT2D eigenvalue weighted by Gasteiger charge is 2.14. The molecule has 0 saturated carbocycles. The molecule has 1 heterocycles. The van der Waals surface area contributed by atoms with E-state index < -0.39 is 0 Å². The summed E-state index contributed by atoms with van der Waals surface area (Å²) in [5.74, 6) is 0. The predicted octanol–water partition coefficient (Wildman–Crippen LogP) is 3.34. The molecule has 0 aromatic heterocycles. The molecule has 0 radical (unpaired) electrons. The van der Waals surface area contributed by atoms with Crippen molar-refractivity contribution in [2.75, 3.05) is 25.0 Å². The summed E-state index contributed by atoms with van der Waals surface area (Å²) in [7, 11) is 2.17. The zero-order chi connectivity index (χ0) is 12.3. The second-order valence-corrected chi connectivity index (χ2v) is 5.79. The standard InChI is InChI=1S/C14H21BrN2/c1-11-5-6-13(10-14(11)15)17(2)9-7-12-4-3-8-16-12/h5-6,10,12,16H,3-4,7-9H2,1-2H3. The molecule has 3 heteroatoms. The summed E-state index contributed by atoms with van der Waals surface area (Å²) in [5, 5.41) is 3.55. The van der Waals surface area contributed by atoms with Crippen LogP contribution in [0.25, 0.3) is 0 Å².